The van der Waals surface area contributed by atoms with Crippen molar-refractivity contribution in [3.8, 4) is 0 Å². The molecule has 0 aromatic carbocycles. The summed E-state index contributed by atoms with van der Waals surface area (Å²) in [6.07, 6.45) is -4.12. The van der Waals surface area contributed by atoms with E-state index in [1.54, 1.807) is 0 Å². The minimum atomic E-state index is -1.22. The van der Waals surface area contributed by atoms with Crippen molar-refractivity contribution >= 4 is 5.78 Å². The second kappa shape index (κ2) is 4.15. The lowest BCUT2D eigenvalue weighted by Crippen LogP contribution is -2.53. The summed E-state index contributed by atoms with van der Waals surface area (Å²) in [5, 5.41) is 27.7. The zero-order chi connectivity index (χ0) is 10.0. The Balaban J connectivity index is 2.53. The molecule has 0 aromatic rings. The fourth-order valence-electron chi connectivity index (χ4n) is 1.33. The van der Waals surface area contributed by atoms with E-state index in [1.807, 2.05) is 0 Å². The van der Waals surface area contributed by atoms with E-state index in [4.69, 9.17) is 9.84 Å². The van der Waals surface area contributed by atoms with Crippen LogP contribution in [0.25, 0.3) is 0 Å². The van der Waals surface area contributed by atoms with Crippen LogP contribution in [0.1, 0.15) is 13.3 Å². The first-order valence-corrected chi connectivity index (χ1v) is 4.17. The van der Waals surface area contributed by atoms with Gasteiger partial charge in [0, 0.05) is 6.42 Å². The van der Waals surface area contributed by atoms with Gasteiger partial charge in [0.25, 0.3) is 0 Å². The van der Waals surface area contributed by atoms with Gasteiger partial charge in [0.15, 0.2) is 0 Å². The minimum Gasteiger partial charge on any atom is -0.388 e. The van der Waals surface area contributed by atoms with Crippen LogP contribution in [0.5, 0.6) is 0 Å². The number of hydrogen-bond acceptors (Lipinski definition) is 5. The maximum Gasteiger partial charge on any atom is 0.132 e. The van der Waals surface area contributed by atoms with Crippen LogP contribution in [0.3, 0.4) is 0 Å². The molecule has 1 saturated heterocycles. The van der Waals surface area contributed by atoms with Crippen LogP contribution in [0.4, 0.5) is 0 Å². The Morgan fingerprint density at radius 1 is 1.38 bits per heavy atom. The van der Waals surface area contributed by atoms with Gasteiger partial charge in [-0.2, -0.15) is 0 Å². The average molecular weight is 190 g/mol. The van der Waals surface area contributed by atoms with Crippen molar-refractivity contribution in [2.24, 2.45) is 0 Å². The molecule has 5 heteroatoms. The highest BCUT2D eigenvalue weighted by atomic mass is 16.5. The third-order valence-electron chi connectivity index (χ3n) is 2.09. The normalized spacial score (nSPS) is 40.3. The van der Waals surface area contributed by atoms with Gasteiger partial charge >= 0.3 is 0 Å². The molecule has 1 rings (SSSR count). The van der Waals surface area contributed by atoms with Crippen molar-refractivity contribution in [2.75, 3.05) is 6.61 Å². The molecule has 0 bridgehead atoms. The van der Waals surface area contributed by atoms with E-state index in [9.17, 15) is 15.0 Å². The highest BCUT2D eigenvalue weighted by Crippen LogP contribution is 2.17. The highest BCUT2D eigenvalue weighted by Gasteiger charge is 2.37. The molecular formula is C8H14O5. The lowest BCUT2D eigenvalue weighted by molar-refractivity contribution is -0.188. The van der Waals surface area contributed by atoms with Crippen molar-refractivity contribution in [1.29, 1.82) is 0 Å². The van der Waals surface area contributed by atoms with Gasteiger partial charge < -0.3 is 20.1 Å². The Morgan fingerprint density at radius 2 is 2.00 bits per heavy atom. The number of ketones is 1. The van der Waals surface area contributed by atoms with Gasteiger partial charge in [0.2, 0.25) is 0 Å². The highest BCUT2D eigenvalue weighted by molar-refractivity contribution is 5.76. The summed E-state index contributed by atoms with van der Waals surface area (Å²) in [4.78, 5) is 10.7. The summed E-state index contributed by atoms with van der Waals surface area (Å²) in [7, 11) is 0. The fraction of sp³-hybridized carbons (Fsp3) is 0.875. The molecule has 0 radical (unpaired) electrons. The van der Waals surface area contributed by atoms with Crippen molar-refractivity contribution < 1.29 is 24.9 Å². The van der Waals surface area contributed by atoms with Crippen LogP contribution >= 0.6 is 0 Å². The number of hydrogen-bond donors (Lipinski definition) is 3. The molecule has 1 heterocycles. The standard InChI is InChI=1S/C8H14O5/c1-4(9)2-6-8(12)7(11)5(10)3-13-6/h5-8,10-12H,2-3H2,1H3/t5-,6-,7+,8+/m1/s1. The number of aliphatic hydroxyl groups is 3. The van der Waals surface area contributed by atoms with Gasteiger partial charge in [-0.1, -0.05) is 0 Å². The topological polar surface area (TPSA) is 87.0 Å². The van der Waals surface area contributed by atoms with E-state index in [1.165, 1.54) is 6.92 Å². The molecular weight excluding hydrogens is 176 g/mol. The van der Waals surface area contributed by atoms with Gasteiger partial charge in [-0.3, -0.25) is 4.79 Å². The fourth-order valence-corrected chi connectivity index (χ4v) is 1.33. The van der Waals surface area contributed by atoms with E-state index in [0.29, 0.717) is 0 Å². The number of aliphatic hydroxyl groups excluding tert-OH is 3. The maximum absolute atomic E-state index is 10.7. The van der Waals surface area contributed by atoms with Crippen LogP contribution in [-0.4, -0.2) is 52.1 Å². The van der Waals surface area contributed by atoms with E-state index in [-0.39, 0.29) is 18.8 Å². The second-order valence-corrected chi connectivity index (χ2v) is 3.33. The summed E-state index contributed by atoms with van der Waals surface area (Å²) >= 11 is 0. The Labute approximate surface area is 75.9 Å². The Bertz CT molecular complexity index is 193. The Kier molecular flexibility index (Phi) is 3.38. The molecule has 0 spiro atoms. The zero-order valence-electron chi connectivity index (χ0n) is 7.38. The zero-order valence-corrected chi connectivity index (χ0v) is 7.38. The van der Waals surface area contributed by atoms with Gasteiger partial charge in [-0.25, -0.2) is 0 Å². The minimum absolute atomic E-state index is 0.0455. The molecule has 0 amide bonds. The van der Waals surface area contributed by atoms with Crippen LogP contribution in [-0.2, 0) is 9.53 Å². The molecule has 3 N–H and O–H groups in total. The van der Waals surface area contributed by atoms with Gasteiger partial charge in [0.05, 0.1) is 12.7 Å². The number of carbonyl (C=O) groups excluding carboxylic acids is 1. The van der Waals surface area contributed by atoms with Crippen molar-refractivity contribution in [3.63, 3.8) is 0 Å². The Morgan fingerprint density at radius 3 is 2.54 bits per heavy atom. The number of carbonyl (C=O) groups is 1. The maximum atomic E-state index is 10.7. The number of rotatable bonds is 2. The van der Waals surface area contributed by atoms with E-state index in [2.05, 4.69) is 0 Å². The molecule has 1 aliphatic rings. The molecule has 1 aliphatic heterocycles. The van der Waals surface area contributed by atoms with Crippen LogP contribution in [0.15, 0.2) is 0 Å². The SMILES string of the molecule is CC(=O)C[C@H]1OC[C@@H](O)[C@H](O)[C@H]1O. The van der Waals surface area contributed by atoms with Gasteiger partial charge in [-0.15, -0.1) is 0 Å². The lowest BCUT2D eigenvalue weighted by Gasteiger charge is -2.34. The predicted octanol–water partition coefficient (Wildman–Crippen LogP) is -1.55. The molecule has 13 heavy (non-hydrogen) atoms. The van der Waals surface area contributed by atoms with E-state index < -0.39 is 24.4 Å². The molecule has 0 unspecified atom stereocenters. The predicted molar refractivity (Wildman–Crippen MR) is 43.1 cm³/mol. The van der Waals surface area contributed by atoms with E-state index in [0.717, 1.165) is 0 Å². The smallest absolute Gasteiger partial charge is 0.132 e. The van der Waals surface area contributed by atoms with Crippen LogP contribution < -0.4 is 0 Å². The first-order valence-electron chi connectivity index (χ1n) is 4.17. The van der Waals surface area contributed by atoms with Crippen LogP contribution in [0, 0.1) is 0 Å². The summed E-state index contributed by atoms with van der Waals surface area (Å²) in [6, 6.07) is 0. The molecule has 4 atom stereocenters. The molecule has 76 valence electrons. The van der Waals surface area contributed by atoms with Crippen LogP contribution in [0.2, 0.25) is 0 Å². The molecule has 0 aliphatic carbocycles. The lowest BCUT2D eigenvalue weighted by atomic mass is 9.97. The van der Waals surface area contributed by atoms with E-state index >= 15 is 0 Å². The third-order valence-corrected chi connectivity index (χ3v) is 2.09. The molecule has 5 nitrogen and oxygen atoms in total. The largest absolute Gasteiger partial charge is 0.388 e. The molecule has 0 aromatic heterocycles. The molecule has 0 saturated carbocycles. The summed E-state index contributed by atoms with van der Waals surface area (Å²) < 4.78 is 5.00. The number of Topliss-reactive ketones (excluding diaryl/α,β-unsaturated/α-hetero) is 1. The Hall–Kier alpha value is -0.490. The third kappa shape index (κ3) is 2.47. The number of ether oxygens (including phenoxy) is 1. The van der Waals surface area contributed by atoms with Crippen molar-refractivity contribution in [1.82, 2.24) is 0 Å². The summed E-state index contributed by atoms with van der Waals surface area (Å²) in [6.45, 7) is 1.34. The quantitative estimate of drug-likeness (QED) is 0.490. The second-order valence-electron chi connectivity index (χ2n) is 3.33. The summed E-state index contributed by atoms with van der Waals surface area (Å²) in [5.41, 5.74) is 0. The van der Waals surface area contributed by atoms with Gasteiger partial charge in [-0.05, 0) is 6.92 Å². The molecule has 1 fully saturated rings. The average Bonchev–Trinajstić information content (AvgIpc) is 2.06. The van der Waals surface area contributed by atoms with Crippen molar-refractivity contribution in [2.45, 2.75) is 37.8 Å². The first-order chi connectivity index (χ1) is 6.02. The monoisotopic (exact) mass is 190 g/mol. The first kappa shape index (κ1) is 10.6. The summed E-state index contributed by atoms with van der Waals surface area (Å²) in [5.74, 6) is -0.118. The van der Waals surface area contributed by atoms with Gasteiger partial charge in [0.1, 0.15) is 24.1 Å². The van der Waals surface area contributed by atoms with Crippen molar-refractivity contribution in [3.05, 3.63) is 0 Å².